The van der Waals surface area contributed by atoms with Crippen molar-refractivity contribution < 1.29 is 0 Å². The average molecular weight is 202 g/mol. The van der Waals surface area contributed by atoms with Crippen molar-refractivity contribution in [3.63, 3.8) is 0 Å². The first-order valence-electron chi connectivity index (χ1n) is 3.72. The van der Waals surface area contributed by atoms with Gasteiger partial charge in [-0.3, -0.25) is 4.31 Å². The van der Waals surface area contributed by atoms with E-state index in [1.54, 1.807) is 11.9 Å². The van der Waals surface area contributed by atoms with E-state index in [4.69, 9.17) is 11.6 Å². The van der Waals surface area contributed by atoms with Gasteiger partial charge >= 0.3 is 0 Å². The summed E-state index contributed by atoms with van der Waals surface area (Å²) in [5, 5.41) is 0. The summed E-state index contributed by atoms with van der Waals surface area (Å²) in [6.07, 6.45) is 0. The Kier molecular flexibility index (Phi) is 3.92. The van der Waals surface area contributed by atoms with Crippen LogP contribution in [-0.4, -0.2) is 18.4 Å². The minimum atomic E-state index is 0.590. The number of rotatable bonds is 3. The maximum absolute atomic E-state index is 5.67. The number of nitrogens with zero attached hydrogens (tertiary/aromatic N) is 1. The van der Waals surface area contributed by atoms with Gasteiger partial charge in [0, 0.05) is 10.8 Å². The molecule has 0 N–H and O–H groups in total. The molecule has 0 aliphatic rings. The standard InChI is InChI=1S/C9H12ClNS/c1-11(2)12-9-5-3-8(7-10)4-6-9/h3-6H,7H2,1-2H3. The zero-order chi connectivity index (χ0) is 8.97. The van der Waals surface area contributed by atoms with Gasteiger partial charge in [-0.2, -0.15) is 0 Å². The highest BCUT2D eigenvalue weighted by Gasteiger charge is 1.95. The fourth-order valence-corrected chi connectivity index (χ4v) is 1.71. The first kappa shape index (κ1) is 9.90. The third-order valence-corrected chi connectivity index (χ3v) is 2.52. The molecule has 0 amide bonds. The van der Waals surface area contributed by atoms with Crippen LogP contribution < -0.4 is 0 Å². The van der Waals surface area contributed by atoms with Gasteiger partial charge in [0.15, 0.2) is 0 Å². The Labute approximate surface area is 82.8 Å². The summed E-state index contributed by atoms with van der Waals surface area (Å²) in [5.41, 5.74) is 1.17. The zero-order valence-corrected chi connectivity index (χ0v) is 8.82. The molecule has 1 aromatic carbocycles. The van der Waals surface area contributed by atoms with Crippen LogP contribution in [0.1, 0.15) is 5.56 Å². The van der Waals surface area contributed by atoms with Crippen molar-refractivity contribution in [3.05, 3.63) is 29.8 Å². The summed E-state index contributed by atoms with van der Waals surface area (Å²) in [4.78, 5) is 1.24. The van der Waals surface area contributed by atoms with Gasteiger partial charge in [0.25, 0.3) is 0 Å². The maximum Gasteiger partial charge on any atom is 0.0474 e. The Morgan fingerprint density at radius 2 is 1.83 bits per heavy atom. The highest BCUT2D eigenvalue weighted by Crippen LogP contribution is 2.20. The molecule has 0 spiro atoms. The highest BCUT2D eigenvalue weighted by atomic mass is 35.5. The molecule has 0 heterocycles. The largest absolute Gasteiger partial charge is 0.253 e. The molecule has 0 bridgehead atoms. The number of hydrogen-bond donors (Lipinski definition) is 0. The highest BCUT2D eigenvalue weighted by molar-refractivity contribution is 7.97. The topological polar surface area (TPSA) is 3.24 Å². The van der Waals surface area contributed by atoms with Gasteiger partial charge < -0.3 is 0 Å². The van der Waals surface area contributed by atoms with Gasteiger partial charge in [0.1, 0.15) is 0 Å². The van der Waals surface area contributed by atoms with E-state index in [1.165, 1.54) is 10.5 Å². The Hall–Kier alpha value is -0.180. The van der Waals surface area contributed by atoms with Crippen molar-refractivity contribution in [3.8, 4) is 0 Å². The molecule has 3 heteroatoms. The molecule has 0 aromatic heterocycles. The summed E-state index contributed by atoms with van der Waals surface area (Å²) in [5.74, 6) is 0.590. The summed E-state index contributed by atoms with van der Waals surface area (Å²) in [6.45, 7) is 0. The third-order valence-electron chi connectivity index (χ3n) is 1.37. The second kappa shape index (κ2) is 4.75. The Morgan fingerprint density at radius 1 is 1.25 bits per heavy atom. The van der Waals surface area contributed by atoms with E-state index < -0.39 is 0 Å². The summed E-state index contributed by atoms with van der Waals surface area (Å²) in [6, 6.07) is 8.28. The van der Waals surface area contributed by atoms with E-state index in [0.29, 0.717) is 5.88 Å². The number of benzene rings is 1. The van der Waals surface area contributed by atoms with Crippen molar-refractivity contribution in [1.82, 2.24) is 4.31 Å². The molecule has 0 atom stereocenters. The molecule has 0 saturated heterocycles. The van der Waals surface area contributed by atoms with Crippen LogP contribution in [-0.2, 0) is 5.88 Å². The quantitative estimate of drug-likeness (QED) is 0.547. The smallest absolute Gasteiger partial charge is 0.0474 e. The summed E-state index contributed by atoms with van der Waals surface area (Å²) < 4.78 is 2.07. The molecule has 1 aromatic rings. The second-order valence-electron chi connectivity index (χ2n) is 2.68. The molecule has 0 aliphatic carbocycles. The van der Waals surface area contributed by atoms with Gasteiger partial charge in [0.05, 0.1) is 0 Å². The van der Waals surface area contributed by atoms with Crippen LogP contribution in [0.5, 0.6) is 0 Å². The molecule has 66 valence electrons. The number of halogens is 1. The van der Waals surface area contributed by atoms with Crippen LogP contribution in [0, 0.1) is 0 Å². The monoisotopic (exact) mass is 201 g/mol. The Morgan fingerprint density at radius 3 is 2.25 bits per heavy atom. The van der Waals surface area contributed by atoms with Gasteiger partial charge in [-0.05, 0) is 43.7 Å². The molecular formula is C9H12ClNS. The van der Waals surface area contributed by atoms with Gasteiger partial charge in [-0.25, -0.2) is 0 Å². The van der Waals surface area contributed by atoms with Gasteiger partial charge in [0.2, 0.25) is 0 Å². The molecule has 0 radical (unpaired) electrons. The predicted octanol–water partition coefficient (Wildman–Crippen LogP) is 2.99. The molecule has 0 aliphatic heterocycles. The van der Waals surface area contributed by atoms with E-state index in [9.17, 15) is 0 Å². The van der Waals surface area contributed by atoms with Crippen LogP contribution in [0.2, 0.25) is 0 Å². The van der Waals surface area contributed by atoms with Gasteiger partial charge in [-0.1, -0.05) is 12.1 Å². The van der Waals surface area contributed by atoms with Gasteiger partial charge in [-0.15, -0.1) is 11.6 Å². The summed E-state index contributed by atoms with van der Waals surface area (Å²) >= 11 is 7.38. The molecule has 0 fully saturated rings. The molecule has 1 rings (SSSR count). The Bertz CT molecular complexity index is 233. The van der Waals surface area contributed by atoms with Crippen molar-refractivity contribution in [2.75, 3.05) is 14.1 Å². The molecule has 12 heavy (non-hydrogen) atoms. The first-order valence-corrected chi connectivity index (χ1v) is 5.03. The average Bonchev–Trinajstić information content (AvgIpc) is 2.05. The van der Waals surface area contributed by atoms with Crippen molar-refractivity contribution in [1.29, 1.82) is 0 Å². The summed E-state index contributed by atoms with van der Waals surface area (Å²) in [7, 11) is 4.06. The van der Waals surface area contributed by atoms with Crippen LogP contribution in [0.4, 0.5) is 0 Å². The van der Waals surface area contributed by atoms with E-state index in [2.05, 4.69) is 28.6 Å². The maximum atomic E-state index is 5.67. The minimum absolute atomic E-state index is 0.590. The normalized spacial score (nSPS) is 10.7. The zero-order valence-electron chi connectivity index (χ0n) is 7.25. The lowest BCUT2D eigenvalue weighted by molar-refractivity contribution is 0.702. The predicted molar refractivity (Wildman–Crippen MR) is 55.5 cm³/mol. The van der Waals surface area contributed by atoms with E-state index in [0.717, 1.165) is 0 Å². The van der Waals surface area contributed by atoms with Crippen LogP contribution in [0.15, 0.2) is 29.2 Å². The molecular weight excluding hydrogens is 190 g/mol. The van der Waals surface area contributed by atoms with Crippen LogP contribution >= 0.6 is 23.5 Å². The van der Waals surface area contributed by atoms with Crippen molar-refractivity contribution in [2.45, 2.75) is 10.8 Å². The van der Waals surface area contributed by atoms with Crippen LogP contribution in [0.25, 0.3) is 0 Å². The molecule has 0 unspecified atom stereocenters. The lowest BCUT2D eigenvalue weighted by Crippen LogP contribution is -1.98. The lowest BCUT2D eigenvalue weighted by Gasteiger charge is -2.07. The molecule has 0 saturated carbocycles. The fraction of sp³-hybridized carbons (Fsp3) is 0.333. The lowest BCUT2D eigenvalue weighted by atomic mass is 10.2. The fourth-order valence-electron chi connectivity index (χ4n) is 0.850. The number of hydrogen-bond acceptors (Lipinski definition) is 2. The van der Waals surface area contributed by atoms with E-state index in [-0.39, 0.29) is 0 Å². The first-order chi connectivity index (χ1) is 5.72. The second-order valence-corrected chi connectivity index (χ2v) is 4.33. The minimum Gasteiger partial charge on any atom is -0.253 e. The van der Waals surface area contributed by atoms with Crippen molar-refractivity contribution in [2.24, 2.45) is 0 Å². The van der Waals surface area contributed by atoms with Crippen LogP contribution in [0.3, 0.4) is 0 Å². The van der Waals surface area contributed by atoms with E-state index in [1.807, 2.05) is 14.1 Å². The van der Waals surface area contributed by atoms with Crippen molar-refractivity contribution >= 4 is 23.5 Å². The SMILES string of the molecule is CN(C)Sc1ccc(CCl)cc1. The number of alkyl halides is 1. The third kappa shape index (κ3) is 3.05. The molecule has 1 nitrogen and oxygen atoms in total. The Balaban J connectivity index is 2.65. The van der Waals surface area contributed by atoms with E-state index >= 15 is 0 Å².